The minimum absolute atomic E-state index is 0.369. The van der Waals surface area contributed by atoms with Gasteiger partial charge in [0, 0.05) is 33.2 Å². The Kier molecular flexibility index (Phi) is 5.77. The van der Waals surface area contributed by atoms with E-state index < -0.39 is 17.7 Å². The van der Waals surface area contributed by atoms with Crippen LogP contribution in [0.15, 0.2) is 48.5 Å². The number of nitrogens with one attached hydrogen (secondary N) is 1. The molecule has 0 saturated carbocycles. The Morgan fingerprint density at radius 2 is 1.74 bits per heavy atom. The summed E-state index contributed by atoms with van der Waals surface area (Å²) in [4.78, 5) is 16.2. The van der Waals surface area contributed by atoms with E-state index in [9.17, 15) is 9.90 Å². The van der Waals surface area contributed by atoms with Crippen molar-refractivity contribution in [1.82, 2.24) is 10.3 Å². The Morgan fingerprint density at radius 3 is 2.39 bits per heavy atom. The zero-order chi connectivity index (χ0) is 22.3. The van der Waals surface area contributed by atoms with E-state index in [1.165, 1.54) is 0 Å². The summed E-state index contributed by atoms with van der Waals surface area (Å²) in [7, 11) is 0. The summed E-state index contributed by atoms with van der Waals surface area (Å²) in [5.41, 5.74) is 3.00. The van der Waals surface area contributed by atoms with Crippen LogP contribution in [0.25, 0.3) is 22.4 Å². The number of hydrogen-bond acceptors (Lipinski definition) is 3. The zero-order valence-electron chi connectivity index (χ0n) is 16.7. The maximum atomic E-state index is 11.4. The summed E-state index contributed by atoms with van der Waals surface area (Å²) in [6.07, 6.45) is -0.638. The summed E-state index contributed by atoms with van der Waals surface area (Å²) in [5, 5.41) is 13.5. The number of aromatic nitrogens is 1. The van der Waals surface area contributed by atoms with Crippen molar-refractivity contribution in [3.8, 4) is 28.3 Å². The van der Waals surface area contributed by atoms with Crippen LogP contribution >= 0.6 is 34.8 Å². The van der Waals surface area contributed by atoms with Crippen LogP contribution in [-0.2, 0) is 0 Å². The SMILES string of the molecule is CC1(C)CC(NC(=O)O)c2cc(-c3ccc(Cl)cc3)c(-c3ccc(Cl)cc3Cl)nc2O1. The Hall–Kier alpha value is -2.47. The fourth-order valence-corrected chi connectivity index (χ4v) is 4.39. The van der Waals surface area contributed by atoms with Gasteiger partial charge in [0.05, 0.1) is 16.8 Å². The molecule has 0 radical (unpaired) electrons. The molecule has 2 N–H and O–H groups in total. The number of amides is 1. The lowest BCUT2D eigenvalue weighted by molar-refractivity contribution is 0.0604. The minimum Gasteiger partial charge on any atom is -0.471 e. The van der Waals surface area contributed by atoms with Gasteiger partial charge in [0.25, 0.3) is 0 Å². The van der Waals surface area contributed by atoms with Gasteiger partial charge in [-0.05, 0) is 55.8 Å². The topological polar surface area (TPSA) is 71.5 Å². The molecular formula is C23H19Cl3N2O3. The highest BCUT2D eigenvalue weighted by atomic mass is 35.5. The number of nitrogens with zero attached hydrogens (tertiary/aromatic N) is 1. The summed E-state index contributed by atoms with van der Waals surface area (Å²) in [5.74, 6) is 0.369. The lowest BCUT2D eigenvalue weighted by Crippen LogP contribution is -2.41. The molecule has 31 heavy (non-hydrogen) atoms. The molecule has 0 saturated heterocycles. The Labute approximate surface area is 194 Å². The van der Waals surface area contributed by atoms with Crippen molar-refractivity contribution >= 4 is 40.9 Å². The predicted molar refractivity (Wildman–Crippen MR) is 123 cm³/mol. The van der Waals surface area contributed by atoms with Crippen molar-refractivity contribution in [2.45, 2.75) is 31.9 Å². The molecule has 1 amide bonds. The summed E-state index contributed by atoms with van der Waals surface area (Å²) >= 11 is 18.7. The first kappa shape index (κ1) is 21.8. The highest BCUT2D eigenvalue weighted by Crippen LogP contribution is 2.44. The molecule has 0 fully saturated rings. The number of carbonyl (C=O) groups is 1. The average molecular weight is 478 g/mol. The third kappa shape index (κ3) is 4.59. The summed E-state index contributed by atoms with van der Waals surface area (Å²) < 4.78 is 6.13. The second-order valence-electron chi connectivity index (χ2n) is 7.98. The van der Waals surface area contributed by atoms with E-state index in [2.05, 4.69) is 5.32 Å². The maximum Gasteiger partial charge on any atom is 0.405 e. The maximum absolute atomic E-state index is 11.4. The molecule has 1 unspecified atom stereocenters. The number of pyridine rings is 1. The molecule has 8 heteroatoms. The molecule has 1 aliphatic heterocycles. The van der Waals surface area contributed by atoms with Crippen LogP contribution in [0.5, 0.6) is 5.88 Å². The Balaban J connectivity index is 1.97. The molecule has 5 nitrogen and oxygen atoms in total. The lowest BCUT2D eigenvalue weighted by Gasteiger charge is -2.37. The van der Waals surface area contributed by atoms with Crippen LogP contribution in [-0.4, -0.2) is 21.8 Å². The molecule has 160 valence electrons. The van der Waals surface area contributed by atoms with Gasteiger partial charge in [-0.3, -0.25) is 0 Å². The van der Waals surface area contributed by atoms with E-state index >= 15 is 0 Å². The van der Waals surface area contributed by atoms with Gasteiger partial charge in [-0.2, -0.15) is 0 Å². The second kappa shape index (κ2) is 8.23. The van der Waals surface area contributed by atoms with E-state index in [4.69, 9.17) is 44.5 Å². The number of halogens is 3. The fraction of sp³-hybridized carbons (Fsp3) is 0.217. The summed E-state index contributed by atoms with van der Waals surface area (Å²) in [6, 6.07) is 14.0. The first-order valence-electron chi connectivity index (χ1n) is 9.58. The van der Waals surface area contributed by atoms with Gasteiger partial charge < -0.3 is 15.2 Å². The van der Waals surface area contributed by atoms with E-state index in [1.807, 2.05) is 32.0 Å². The normalized spacial score (nSPS) is 16.9. The lowest BCUT2D eigenvalue weighted by atomic mass is 9.88. The third-order valence-electron chi connectivity index (χ3n) is 5.10. The van der Waals surface area contributed by atoms with E-state index in [0.29, 0.717) is 44.2 Å². The molecule has 1 aromatic heterocycles. The minimum atomic E-state index is -1.11. The molecule has 2 heterocycles. The van der Waals surface area contributed by atoms with E-state index in [0.717, 1.165) is 11.1 Å². The van der Waals surface area contributed by atoms with Gasteiger partial charge >= 0.3 is 6.09 Å². The molecule has 1 atom stereocenters. The molecule has 0 spiro atoms. The highest BCUT2D eigenvalue weighted by Gasteiger charge is 2.36. The molecular weight excluding hydrogens is 459 g/mol. The van der Waals surface area contributed by atoms with Crippen molar-refractivity contribution in [1.29, 1.82) is 0 Å². The van der Waals surface area contributed by atoms with Crippen LogP contribution in [0.1, 0.15) is 31.9 Å². The second-order valence-corrected chi connectivity index (χ2v) is 9.26. The molecule has 0 bridgehead atoms. The number of carboxylic acid groups (broad SMARTS) is 1. The van der Waals surface area contributed by atoms with Crippen LogP contribution in [0.4, 0.5) is 4.79 Å². The number of fused-ring (bicyclic) bond motifs is 1. The smallest absolute Gasteiger partial charge is 0.405 e. The van der Waals surface area contributed by atoms with Gasteiger partial charge in [0.15, 0.2) is 0 Å². The van der Waals surface area contributed by atoms with Crippen molar-refractivity contribution in [2.75, 3.05) is 0 Å². The van der Waals surface area contributed by atoms with Crippen molar-refractivity contribution in [3.63, 3.8) is 0 Å². The highest BCUT2D eigenvalue weighted by molar-refractivity contribution is 6.36. The number of hydrogen-bond donors (Lipinski definition) is 2. The largest absolute Gasteiger partial charge is 0.471 e. The molecule has 1 aliphatic rings. The summed E-state index contributed by atoms with van der Waals surface area (Å²) in [6.45, 7) is 3.80. The Bertz CT molecular complexity index is 1160. The first-order valence-corrected chi connectivity index (χ1v) is 10.7. The van der Waals surface area contributed by atoms with Gasteiger partial charge in [0.2, 0.25) is 5.88 Å². The van der Waals surface area contributed by atoms with Crippen LogP contribution in [0.2, 0.25) is 15.1 Å². The van der Waals surface area contributed by atoms with Gasteiger partial charge in [-0.15, -0.1) is 0 Å². The third-order valence-corrected chi connectivity index (χ3v) is 5.90. The standard InChI is InChI=1S/C23H19Cl3N2O3/c1-23(2)11-19(27-22(29)30)17-10-16(12-3-5-13(24)6-4-12)20(28-21(17)31-23)15-8-7-14(25)9-18(15)26/h3-10,19,27H,11H2,1-2H3,(H,29,30). The predicted octanol–water partition coefficient (Wildman–Crippen LogP) is 7.25. The molecule has 0 aliphatic carbocycles. The first-order chi connectivity index (χ1) is 14.6. The van der Waals surface area contributed by atoms with E-state index in [-0.39, 0.29) is 0 Å². The van der Waals surface area contributed by atoms with Gasteiger partial charge in [0.1, 0.15) is 5.60 Å². The number of rotatable bonds is 3. The van der Waals surface area contributed by atoms with Crippen LogP contribution < -0.4 is 10.1 Å². The van der Waals surface area contributed by atoms with Crippen molar-refractivity contribution < 1.29 is 14.6 Å². The molecule has 4 rings (SSSR count). The Morgan fingerprint density at radius 1 is 1.06 bits per heavy atom. The van der Waals surface area contributed by atoms with Gasteiger partial charge in [-0.1, -0.05) is 46.9 Å². The van der Waals surface area contributed by atoms with Crippen LogP contribution in [0, 0.1) is 0 Å². The van der Waals surface area contributed by atoms with E-state index in [1.54, 1.807) is 30.3 Å². The quantitative estimate of drug-likeness (QED) is 0.417. The average Bonchev–Trinajstić information content (AvgIpc) is 2.67. The fourth-order valence-electron chi connectivity index (χ4n) is 3.76. The number of benzene rings is 2. The van der Waals surface area contributed by atoms with Crippen molar-refractivity contribution in [2.24, 2.45) is 0 Å². The molecule has 2 aromatic carbocycles. The van der Waals surface area contributed by atoms with Gasteiger partial charge in [-0.25, -0.2) is 9.78 Å². The monoisotopic (exact) mass is 476 g/mol. The number of ether oxygens (including phenoxy) is 1. The molecule has 3 aromatic rings. The zero-order valence-corrected chi connectivity index (χ0v) is 19.0. The van der Waals surface area contributed by atoms with Crippen LogP contribution in [0.3, 0.4) is 0 Å². The van der Waals surface area contributed by atoms with Crippen molar-refractivity contribution in [3.05, 3.63) is 69.2 Å².